The summed E-state index contributed by atoms with van der Waals surface area (Å²) in [6.45, 7) is 3.47. The maximum Gasteiger partial charge on any atom is 0.245 e. The number of nitrogens with zero attached hydrogens (tertiary/aromatic N) is 1. The van der Waals surface area contributed by atoms with Crippen molar-refractivity contribution < 1.29 is 17.9 Å². The van der Waals surface area contributed by atoms with E-state index in [4.69, 9.17) is 4.74 Å². The van der Waals surface area contributed by atoms with Crippen LogP contribution >= 0.6 is 0 Å². The fraction of sp³-hybridized carbons (Fsp3) is 0.500. The van der Waals surface area contributed by atoms with Crippen molar-refractivity contribution in [3.8, 4) is 0 Å². The van der Waals surface area contributed by atoms with Gasteiger partial charge in [-0.2, -0.15) is 4.72 Å². The number of benzene rings is 1. The van der Waals surface area contributed by atoms with Gasteiger partial charge in [-0.25, -0.2) is 8.42 Å². The Morgan fingerprint density at radius 1 is 1.29 bits per heavy atom. The number of carbonyl (C=O) groups excluding carboxylic acids is 1. The molecule has 1 aliphatic rings. The summed E-state index contributed by atoms with van der Waals surface area (Å²) in [5, 5.41) is 0. The first-order chi connectivity index (χ1) is 10.0. The summed E-state index contributed by atoms with van der Waals surface area (Å²) in [4.78, 5) is 14.3. The average molecular weight is 312 g/mol. The molecule has 21 heavy (non-hydrogen) atoms. The lowest BCUT2D eigenvalue weighted by Gasteiger charge is -2.30. The summed E-state index contributed by atoms with van der Waals surface area (Å²) in [6, 6.07) is 8.02. The molecular weight excluding hydrogens is 292 g/mol. The third-order valence-corrected chi connectivity index (χ3v) is 4.73. The number of hydrogen-bond acceptors (Lipinski definition) is 4. The van der Waals surface area contributed by atoms with E-state index in [1.54, 1.807) is 36.1 Å². The van der Waals surface area contributed by atoms with Gasteiger partial charge in [-0.05, 0) is 12.5 Å². The van der Waals surface area contributed by atoms with Crippen molar-refractivity contribution in [3.63, 3.8) is 0 Å². The Bertz CT molecular complexity index is 568. The van der Waals surface area contributed by atoms with Gasteiger partial charge in [0.1, 0.15) is 6.04 Å². The van der Waals surface area contributed by atoms with E-state index in [0.29, 0.717) is 31.9 Å². The lowest BCUT2D eigenvalue weighted by molar-refractivity contribution is -0.137. The normalized spacial score (nSPS) is 17.5. The summed E-state index contributed by atoms with van der Waals surface area (Å²) in [5.74, 6) is -0.297. The number of amides is 1. The van der Waals surface area contributed by atoms with Crippen LogP contribution in [0.2, 0.25) is 0 Å². The molecule has 1 N–H and O–H groups in total. The zero-order valence-electron chi connectivity index (χ0n) is 12.0. The molecule has 0 aromatic heterocycles. The van der Waals surface area contributed by atoms with Crippen LogP contribution in [0.5, 0.6) is 0 Å². The van der Waals surface area contributed by atoms with E-state index in [9.17, 15) is 13.2 Å². The lowest BCUT2D eigenvalue weighted by Crippen LogP contribution is -2.47. The minimum atomic E-state index is -3.48. The monoisotopic (exact) mass is 312 g/mol. The van der Waals surface area contributed by atoms with E-state index in [-0.39, 0.29) is 11.7 Å². The van der Waals surface area contributed by atoms with Gasteiger partial charge in [-0.15, -0.1) is 0 Å². The second kappa shape index (κ2) is 7.02. The van der Waals surface area contributed by atoms with Gasteiger partial charge < -0.3 is 9.64 Å². The molecule has 0 bridgehead atoms. The zero-order valence-corrected chi connectivity index (χ0v) is 12.8. The highest BCUT2D eigenvalue weighted by molar-refractivity contribution is 7.89. The number of rotatable bonds is 5. The molecule has 116 valence electrons. The Hall–Kier alpha value is -1.44. The topological polar surface area (TPSA) is 75.7 Å². The minimum Gasteiger partial charge on any atom is -0.378 e. The van der Waals surface area contributed by atoms with Gasteiger partial charge in [0, 0.05) is 13.1 Å². The highest BCUT2D eigenvalue weighted by Crippen LogP contribution is 2.18. The van der Waals surface area contributed by atoms with Gasteiger partial charge in [0.2, 0.25) is 15.9 Å². The molecule has 1 aliphatic heterocycles. The van der Waals surface area contributed by atoms with E-state index in [1.807, 2.05) is 6.07 Å². The van der Waals surface area contributed by atoms with Crippen molar-refractivity contribution >= 4 is 15.9 Å². The van der Waals surface area contributed by atoms with Crippen LogP contribution in [-0.2, 0) is 19.6 Å². The quantitative estimate of drug-likeness (QED) is 0.860. The molecular formula is C14H20N2O4S. The Balaban J connectivity index is 2.25. The number of nitrogens with one attached hydrogen (secondary N) is 1. The lowest BCUT2D eigenvalue weighted by atomic mass is 10.1. The maximum absolute atomic E-state index is 12.6. The van der Waals surface area contributed by atoms with Crippen LogP contribution in [0.25, 0.3) is 0 Å². The van der Waals surface area contributed by atoms with Gasteiger partial charge in [0.05, 0.1) is 19.0 Å². The number of hydrogen-bond donors (Lipinski definition) is 1. The molecule has 1 aromatic carbocycles. The Labute approximate surface area is 125 Å². The molecule has 1 saturated heterocycles. The van der Waals surface area contributed by atoms with Crippen molar-refractivity contribution in [2.75, 3.05) is 32.1 Å². The van der Waals surface area contributed by atoms with Crippen molar-refractivity contribution in [1.29, 1.82) is 0 Å². The van der Waals surface area contributed by atoms with Crippen LogP contribution in [0.3, 0.4) is 0 Å². The Morgan fingerprint density at radius 2 is 1.90 bits per heavy atom. The zero-order chi connectivity index (χ0) is 15.3. The first-order valence-electron chi connectivity index (χ1n) is 6.95. The predicted molar refractivity (Wildman–Crippen MR) is 79.2 cm³/mol. The molecule has 6 nitrogen and oxygen atoms in total. The van der Waals surface area contributed by atoms with Gasteiger partial charge in [0.15, 0.2) is 0 Å². The Morgan fingerprint density at radius 3 is 2.48 bits per heavy atom. The van der Waals surface area contributed by atoms with Crippen LogP contribution in [0.4, 0.5) is 0 Å². The van der Waals surface area contributed by atoms with Crippen molar-refractivity contribution in [1.82, 2.24) is 9.62 Å². The molecule has 0 aliphatic carbocycles. The van der Waals surface area contributed by atoms with Crippen LogP contribution in [0, 0.1) is 0 Å². The molecule has 1 fully saturated rings. The first-order valence-corrected chi connectivity index (χ1v) is 8.60. The highest BCUT2D eigenvalue weighted by atomic mass is 32.2. The minimum absolute atomic E-state index is 0.0628. The molecule has 0 unspecified atom stereocenters. The number of ether oxygens (including phenoxy) is 1. The van der Waals surface area contributed by atoms with E-state index < -0.39 is 16.1 Å². The van der Waals surface area contributed by atoms with E-state index in [2.05, 4.69) is 4.72 Å². The summed E-state index contributed by atoms with van der Waals surface area (Å²) in [5.41, 5.74) is 0.644. The van der Waals surface area contributed by atoms with Crippen molar-refractivity contribution in [2.45, 2.75) is 13.0 Å². The number of morpholine rings is 1. The third kappa shape index (κ3) is 4.26. The molecule has 1 amide bonds. The first kappa shape index (κ1) is 15.9. The smallest absolute Gasteiger partial charge is 0.245 e. The predicted octanol–water partition coefficient (Wildman–Crippen LogP) is 0.526. The molecule has 0 radical (unpaired) electrons. The van der Waals surface area contributed by atoms with E-state index in [0.717, 1.165) is 0 Å². The molecule has 1 heterocycles. The van der Waals surface area contributed by atoms with E-state index >= 15 is 0 Å². The average Bonchev–Trinajstić information content (AvgIpc) is 2.54. The summed E-state index contributed by atoms with van der Waals surface area (Å²) >= 11 is 0. The summed E-state index contributed by atoms with van der Waals surface area (Å²) < 4.78 is 31.4. The number of sulfonamides is 1. The fourth-order valence-corrected chi connectivity index (χ4v) is 2.90. The molecule has 2 rings (SSSR count). The van der Waals surface area contributed by atoms with Gasteiger partial charge in [0.25, 0.3) is 0 Å². The van der Waals surface area contributed by atoms with Gasteiger partial charge >= 0.3 is 0 Å². The van der Waals surface area contributed by atoms with Crippen LogP contribution in [-0.4, -0.2) is 51.3 Å². The summed E-state index contributed by atoms with van der Waals surface area (Å²) in [7, 11) is -3.48. The van der Waals surface area contributed by atoms with Crippen LogP contribution in [0.1, 0.15) is 18.5 Å². The highest BCUT2D eigenvalue weighted by Gasteiger charge is 2.30. The molecule has 0 saturated carbocycles. The van der Waals surface area contributed by atoms with Crippen LogP contribution < -0.4 is 4.72 Å². The molecule has 1 aromatic rings. The fourth-order valence-electron chi connectivity index (χ4n) is 2.14. The maximum atomic E-state index is 12.6. The van der Waals surface area contributed by atoms with Crippen molar-refractivity contribution in [2.24, 2.45) is 0 Å². The second-order valence-corrected chi connectivity index (χ2v) is 6.85. The van der Waals surface area contributed by atoms with Gasteiger partial charge in [-0.3, -0.25) is 4.79 Å². The number of carbonyl (C=O) groups is 1. The largest absolute Gasteiger partial charge is 0.378 e. The third-order valence-electron chi connectivity index (χ3n) is 3.38. The SMILES string of the molecule is CCS(=O)(=O)N[C@H](C(=O)N1CCOCC1)c1ccccc1. The van der Waals surface area contributed by atoms with Crippen LogP contribution in [0.15, 0.2) is 30.3 Å². The molecule has 7 heteroatoms. The molecule has 1 atom stereocenters. The summed E-state index contributed by atoms with van der Waals surface area (Å²) in [6.07, 6.45) is 0. The molecule has 0 spiro atoms. The van der Waals surface area contributed by atoms with E-state index in [1.165, 1.54) is 0 Å². The standard InChI is InChI=1S/C14H20N2O4S/c1-2-21(18,19)15-13(12-6-4-3-5-7-12)14(17)16-8-10-20-11-9-16/h3-7,13,15H,2,8-11H2,1H3/t13-/m0/s1. The Kier molecular flexibility index (Phi) is 5.33. The van der Waals surface area contributed by atoms with Gasteiger partial charge in [-0.1, -0.05) is 30.3 Å². The van der Waals surface area contributed by atoms with Crippen molar-refractivity contribution in [3.05, 3.63) is 35.9 Å². The second-order valence-electron chi connectivity index (χ2n) is 4.80.